The highest BCUT2D eigenvalue weighted by Crippen LogP contribution is 2.27. The van der Waals surface area contributed by atoms with Gasteiger partial charge in [0.05, 0.1) is 12.6 Å². The molecule has 2 aromatic heterocycles. The topological polar surface area (TPSA) is 99.0 Å². The van der Waals surface area contributed by atoms with E-state index in [2.05, 4.69) is 26.7 Å². The molecule has 3 heterocycles. The summed E-state index contributed by atoms with van der Waals surface area (Å²) in [5.41, 5.74) is 0.795. The molecule has 1 aliphatic heterocycles. The lowest BCUT2D eigenvalue weighted by Crippen LogP contribution is -2.49. The number of aromatic nitrogens is 2. The summed E-state index contributed by atoms with van der Waals surface area (Å²) in [7, 11) is 2.03. The lowest BCUT2D eigenvalue weighted by molar-refractivity contribution is 0.0325. The number of likely N-dealkylation sites (N-methyl/N-ethyl adjacent to an activating group) is 1. The smallest absolute Gasteiger partial charge is 0.259 e. The van der Waals surface area contributed by atoms with Gasteiger partial charge in [0.1, 0.15) is 17.3 Å². The summed E-state index contributed by atoms with van der Waals surface area (Å²) < 4.78 is 6.32. The monoisotopic (exact) mass is 466 g/mol. The molecule has 3 rings (SSSR count). The van der Waals surface area contributed by atoms with Crippen molar-refractivity contribution in [2.24, 2.45) is 5.92 Å². The van der Waals surface area contributed by atoms with Crippen LogP contribution >= 0.6 is 0 Å². The average Bonchev–Trinajstić information content (AvgIpc) is 2.79. The lowest BCUT2D eigenvalue weighted by Gasteiger charge is -2.37. The Labute approximate surface area is 201 Å². The number of hydrogen-bond donors (Lipinski definition) is 2. The second-order valence-electron chi connectivity index (χ2n) is 9.56. The molecule has 0 unspecified atom stereocenters. The van der Waals surface area contributed by atoms with Crippen LogP contribution in [-0.4, -0.2) is 80.4 Å². The van der Waals surface area contributed by atoms with E-state index in [1.54, 1.807) is 43.4 Å². The minimum absolute atomic E-state index is 0.00227. The molecule has 0 aliphatic carbocycles. The van der Waals surface area contributed by atoms with Crippen LogP contribution in [0.1, 0.15) is 49.2 Å². The maximum atomic E-state index is 13.4. The van der Waals surface area contributed by atoms with E-state index in [9.17, 15) is 15.0 Å². The highest BCUT2D eigenvalue weighted by Gasteiger charge is 2.34. The van der Waals surface area contributed by atoms with Crippen molar-refractivity contribution in [2.45, 2.75) is 52.0 Å². The normalized spacial score (nSPS) is 19.4. The van der Waals surface area contributed by atoms with Crippen LogP contribution < -0.4 is 4.74 Å². The summed E-state index contributed by atoms with van der Waals surface area (Å²) in [5.74, 6) is 5.62. The standard InChI is InChI=1S/C26H34N4O4/c1-18-14-30(19(2)17-31)25(32)22-12-21(6-9-26(3,4)33)13-28-24(22)34-23(18)16-29(5)15-20-7-10-27-11-8-20/h7-8,10-13,18-19,23,31,33H,14-17H2,1-5H3/t18-,19+,23-/m0/s1. The largest absolute Gasteiger partial charge is 0.472 e. The van der Waals surface area contributed by atoms with Crippen LogP contribution in [0, 0.1) is 17.8 Å². The van der Waals surface area contributed by atoms with Crippen LogP contribution in [-0.2, 0) is 6.54 Å². The molecule has 0 spiro atoms. The third-order valence-electron chi connectivity index (χ3n) is 5.73. The molecule has 34 heavy (non-hydrogen) atoms. The number of aliphatic hydroxyl groups excluding tert-OH is 1. The van der Waals surface area contributed by atoms with E-state index >= 15 is 0 Å². The molecule has 2 aromatic rings. The Morgan fingerprint density at radius 1 is 1.35 bits per heavy atom. The number of hydrogen-bond acceptors (Lipinski definition) is 7. The molecule has 8 heteroatoms. The number of ether oxygens (including phenoxy) is 1. The summed E-state index contributed by atoms with van der Waals surface area (Å²) >= 11 is 0. The van der Waals surface area contributed by atoms with Crippen molar-refractivity contribution in [1.29, 1.82) is 0 Å². The Morgan fingerprint density at radius 2 is 2.06 bits per heavy atom. The first-order valence-electron chi connectivity index (χ1n) is 11.5. The van der Waals surface area contributed by atoms with E-state index in [0.29, 0.717) is 24.2 Å². The molecule has 0 bridgehead atoms. The predicted octanol–water partition coefficient (Wildman–Crippen LogP) is 1.95. The van der Waals surface area contributed by atoms with Gasteiger partial charge in [-0.1, -0.05) is 18.8 Å². The lowest BCUT2D eigenvalue weighted by atomic mass is 9.99. The van der Waals surface area contributed by atoms with Gasteiger partial charge in [0.2, 0.25) is 5.88 Å². The van der Waals surface area contributed by atoms with E-state index in [1.165, 1.54) is 0 Å². The molecule has 8 nitrogen and oxygen atoms in total. The first-order valence-corrected chi connectivity index (χ1v) is 11.5. The number of aliphatic hydroxyl groups is 2. The van der Waals surface area contributed by atoms with Crippen LogP contribution in [0.25, 0.3) is 0 Å². The molecule has 0 fully saturated rings. The van der Waals surface area contributed by atoms with Gasteiger partial charge in [-0.2, -0.15) is 0 Å². The van der Waals surface area contributed by atoms with Gasteiger partial charge in [0.25, 0.3) is 5.91 Å². The Hall–Kier alpha value is -2.99. The van der Waals surface area contributed by atoms with Crippen LogP contribution in [0.3, 0.4) is 0 Å². The molecular weight excluding hydrogens is 432 g/mol. The SMILES string of the molecule is C[C@H](CO)N1C[C@H](C)[C@H](CN(C)Cc2ccncc2)Oc2ncc(C#CC(C)(C)O)cc2C1=O. The fourth-order valence-corrected chi connectivity index (χ4v) is 3.79. The number of carbonyl (C=O) groups is 1. The fraction of sp³-hybridized carbons (Fsp3) is 0.500. The Bertz CT molecular complexity index is 1040. The first-order chi connectivity index (χ1) is 16.1. The van der Waals surface area contributed by atoms with E-state index in [4.69, 9.17) is 4.74 Å². The Kier molecular flexibility index (Phi) is 8.26. The molecule has 0 radical (unpaired) electrons. The zero-order valence-electron chi connectivity index (χ0n) is 20.5. The van der Waals surface area contributed by atoms with Crippen molar-refractivity contribution < 1.29 is 19.7 Å². The quantitative estimate of drug-likeness (QED) is 0.628. The van der Waals surface area contributed by atoms with Crippen LogP contribution in [0.2, 0.25) is 0 Å². The molecule has 0 saturated heterocycles. The highest BCUT2D eigenvalue weighted by atomic mass is 16.5. The molecule has 0 saturated carbocycles. The Morgan fingerprint density at radius 3 is 2.71 bits per heavy atom. The molecule has 0 aromatic carbocycles. The molecule has 1 aliphatic rings. The zero-order chi connectivity index (χ0) is 24.9. The van der Waals surface area contributed by atoms with Crippen molar-refractivity contribution in [3.05, 3.63) is 53.5 Å². The van der Waals surface area contributed by atoms with Crippen LogP contribution in [0.5, 0.6) is 5.88 Å². The van der Waals surface area contributed by atoms with Gasteiger partial charge in [0, 0.05) is 49.7 Å². The van der Waals surface area contributed by atoms with Gasteiger partial charge in [-0.05, 0) is 51.6 Å². The third-order valence-corrected chi connectivity index (χ3v) is 5.73. The average molecular weight is 467 g/mol. The number of rotatable bonds is 6. The van der Waals surface area contributed by atoms with Crippen molar-refractivity contribution in [3.63, 3.8) is 0 Å². The van der Waals surface area contributed by atoms with Gasteiger partial charge in [0.15, 0.2) is 0 Å². The van der Waals surface area contributed by atoms with Crippen LogP contribution in [0.4, 0.5) is 0 Å². The first kappa shape index (κ1) is 25.6. The molecule has 2 N–H and O–H groups in total. The van der Waals surface area contributed by atoms with Gasteiger partial charge in [-0.3, -0.25) is 14.7 Å². The summed E-state index contributed by atoms with van der Waals surface area (Å²) in [6, 6.07) is 5.25. The minimum Gasteiger partial charge on any atom is -0.472 e. The minimum atomic E-state index is -1.16. The second-order valence-corrected chi connectivity index (χ2v) is 9.56. The molecule has 182 valence electrons. The third kappa shape index (κ3) is 6.76. The maximum Gasteiger partial charge on any atom is 0.259 e. The van der Waals surface area contributed by atoms with Gasteiger partial charge < -0.3 is 19.8 Å². The number of fused-ring (bicyclic) bond motifs is 1. The van der Waals surface area contributed by atoms with Crippen molar-refractivity contribution in [3.8, 4) is 17.7 Å². The fourth-order valence-electron chi connectivity index (χ4n) is 3.79. The molecule has 1 amide bonds. The van der Waals surface area contributed by atoms with Gasteiger partial charge in [-0.15, -0.1) is 0 Å². The van der Waals surface area contributed by atoms with Gasteiger partial charge >= 0.3 is 0 Å². The van der Waals surface area contributed by atoms with E-state index in [-0.39, 0.29) is 36.5 Å². The maximum absolute atomic E-state index is 13.4. The summed E-state index contributed by atoms with van der Waals surface area (Å²) in [6.45, 7) is 8.70. The number of amides is 1. The Balaban J connectivity index is 1.92. The van der Waals surface area contributed by atoms with Crippen molar-refractivity contribution in [1.82, 2.24) is 19.8 Å². The summed E-state index contributed by atoms with van der Waals surface area (Å²) in [6.07, 6.45) is 4.87. The predicted molar refractivity (Wildman–Crippen MR) is 129 cm³/mol. The van der Waals surface area contributed by atoms with E-state index < -0.39 is 5.60 Å². The number of nitrogens with zero attached hydrogens (tertiary/aromatic N) is 4. The number of pyridine rings is 2. The van der Waals surface area contributed by atoms with E-state index in [0.717, 1.165) is 12.1 Å². The highest BCUT2D eigenvalue weighted by molar-refractivity contribution is 5.97. The number of carbonyl (C=O) groups excluding carboxylic acids is 1. The molecule has 3 atom stereocenters. The zero-order valence-corrected chi connectivity index (χ0v) is 20.5. The summed E-state index contributed by atoms with van der Waals surface area (Å²) in [5, 5.41) is 19.7. The van der Waals surface area contributed by atoms with E-state index in [1.807, 2.05) is 33.0 Å². The molecular formula is C26H34N4O4. The summed E-state index contributed by atoms with van der Waals surface area (Å²) in [4.78, 5) is 25.8. The van der Waals surface area contributed by atoms with Crippen LogP contribution in [0.15, 0.2) is 36.8 Å². The van der Waals surface area contributed by atoms with Gasteiger partial charge in [-0.25, -0.2) is 4.98 Å². The van der Waals surface area contributed by atoms with Crippen molar-refractivity contribution in [2.75, 3.05) is 26.7 Å². The van der Waals surface area contributed by atoms with Crippen molar-refractivity contribution >= 4 is 5.91 Å². The second kappa shape index (κ2) is 11.0.